The number of nitrogens with one attached hydrogen (secondary N) is 1. The molecule has 2 aromatic rings. The molecule has 3 rings (SSSR count). The van der Waals surface area contributed by atoms with E-state index in [4.69, 9.17) is 25.8 Å². The molecule has 142 valence electrons. The van der Waals surface area contributed by atoms with E-state index in [1.165, 1.54) is 0 Å². The van der Waals surface area contributed by atoms with Crippen molar-refractivity contribution in [3.05, 3.63) is 52.5 Å². The Hall–Kier alpha value is -1.66. The van der Waals surface area contributed by atoms with Gasteiger partial charge in [0.25, 0.3) is 0 Å². The van der Waals surface area contributed by atoms with Gasteiger partial charge in [0.15, 0.2) is 11.5 Å². The molecule has 0 spiro atoms. The van der Waals surface area contributed by atoms with Gasteiger partial charge in [0.2, 0.25) is 6.79 Å². The van der Waals surface area contributed by atoms with Gasteiger partial charge in [-0.3, -0.25) is 0 Å². The molecule has 1 atom stereocenters. The first-order valence-electron chi connectivity index (χ1n) is 8.18. The van der Waals surface area contributed by atoms with Crippen LogP contribution in [0.15, 0.2) is 36.4 Å². The standard InChI is InChI=1S/C19H23ClN2O3.ClH/c1-22(2)16(14-6-4-5-7-17(14)23-3)11-21-10-13-8-15(20)19-18(9-13)24-12-25-19;/h4-9,16,21H,10-12H2,1-3H3;1H. The van der Waals surface area contributed by atoms with Crippen molar-refractivity contribution in [1.29, 1.82) is 0 Å². The minimum atomic E-state index is 0. The van der Waals surface area contributed by atoms with Crippen LogP contribution in [-0.4, -0.2) is 39.4 Å². The van der Waals surface area contributed by atoms with Gasteiger partial charge >= 0.3 is 0 Å². The molecule has 7 heteroatoms. The summed E-state index contributed by atoms with van der Waals surface area (Å²) in [5.41, 5.74) is 2.22. The van der Waals surface area contributed by atoms with Crippen molar-refractivity contribution < 1.29 is 14.2 Å². The first-order chi connectivity index (χ1) is 12.1. The van der Waals surface area contributed by atoms with Crippen molar-refractivity contribution in [2.24, 2.45) is 0 Å². The lowest BCUT2D eigenvalue weighted by Crippen LogP contribution is -2.31. The summed E-state index contributed by atoms with van der Waals surface area (Å²) in [6.45, 7) is 1.69. The zero-order valence-electron chi connectivity index (χ0n) is 15.1. The van der Waals surface area contributed by atoms with Crippen LogP contribution in [0, 0.1) is 0 Å². The van der Waals surface area contributed by atoms with E-state index in [1.54, 1.807) is 7.11 Å². The van der Waals surface area contributed by atoms with Crippen LogP contribution in [0.3, 0.4) is 0 Å². The van der Waals surface area contributed by atoms with E-state index < -0.39 is 0 Å². The number of benzene rings is 2. The highest BCUT2D eigenvalue weighted by Crippen LogP contribution is 2.39. The third-order valence-corrected chi connectivity index (χ3v) is 4.56. The molecule has 1 heterocycles. The Morgan fingerprint density at radius 2 is 2.00 bits per heavy atom. The van der Waals surface area contributed by atoms with Crippen molar-refractivity contribution in [3.63, 3.8) is 0 Å². The number of methoxy groups -OCH3 is 1. The van der Waals surface area contributed by atoms with E-state index in [0.717, 1.165) is 23.4 Å². The Kier molecular flexibility index (Phi) is 7.41. The molecule has 0 radical (unpaired) electrons. The molecule has 5 nitrogen and oxygen atoms in total. The topological polar surface area (TPSA) is 43.0 Å². The smallest absolute Gasteiger partial charge is 0.231 e. The van der Waals surface area contributed by atoms with Crippen molar-refractivity contribution in [2.45, 2.75) is 12.6 Å². The fraction of sp³-hybridized carbons (Fsp3) is 0.368. The molecular formula is C19H24Cl2N2O3. The maximum Gasteiger partial charge on any atom is 0.231 e. The normalized spacial score (nSPS) is 13.4. The number of hydrogen-bond acceptors (Lipinski definition) is 5. The van der Waals surface area contributed by atoms with Crippen LogP contribution in [-0.2, 0) is 6.54 Å². The van der Waals surface area contributed by atoms with Crippen LogP contribution in [0.4, 0.5) is 0 Å². The molecule has 1 aliphatic heterocycles. The summed E-state index contributed by atoms with van der Waals surface area (Å²) in [6.07, 6.45) is 0. The quantitative estimate of drug-likeness (QED) is 0.765. The highest BCUT2D eigenvalue weighted by atomic mass is 35.5. The summed E-state index contributed by atoms with van der Waals surface area (Å²) in [5.74, 6) is 2.23. The summed E-state index contributed by atoms with van der Waals surface area (Å²) in [5, 5.41) is 4.08. The maximum atomic E-state index is 6.24. The van der Waals surface area contributed by atoms with Crippen molar-refractivity contribution >= 4 is 24.0 Å². The number of para-hydroxylation sites is 1. The van der Waals surface area contributed by atoms with Crippen LogP contribution >= 0.6 is 24.0 Å². The van der Waals surface area contributed by atoms with Crippen LogP contribution in [0.25, 0.3) is 0 Å². The van der Waals surface area contributed by atoms with Crippen LogP contribution in [0.5, 0.6) is 17.2 Å². The number of halogens is 2. The lowest BCUT2D eigenvalue weighted by atomic mass is 10.0. The highest BCUT2D eigenvalue weighted by molar-refractivity contribution is 6.32. The van der Waals surface area contributed by atoms with Crippen LogP contribution < -0.4 is 19.5 Å². The Morgan fingerprint density at radius 3 is 2.73 bits per heavy atom. The lowest BCUT2D eigenvalue weighted by molar-refractivity contribution is 0.174. The molecule has 0 saturated carbocycles. The minimum absolute atomic E-state index is 0. The first kappa shape index (κ1) is 20.6. The fourth-order valence-electron chi connectivity index (χ4n) is 2.99. The van der Waals surface area contributed by atoms with Gasteiger partial charge in [-0.25, -0.2) is 0 Å². The van der Waals surface area contributed by atoms with Crippen LogP contribution in [0.1, 0.15) is 17.2 Å². The number of ether oxygens (including phenoxy) is 3. The zero-order valence-corrected chi connectivity index (χ0v) is 16.7. The maximum absolute atomic E-state index is 6.24. The minimum Gasteiger partial charge on any atom is -0.496 e. The van der Waals surface area contributed by atoms with Gasteiger partial charge in [-0.2, -0.15) is 0 Å². The molecule has 1 aliphatic rings. The van der Waals surface area contributed by atoms with Gasteiger partial charge < -0.3 is 24.4 Å². The molecular weight excluding hydrogens is 375 g/mol. The van der Waals surface area contributed by atoms with E-state index in [1.807, 2.05) is 30.3 Å². The van der Waals surface area contributed by atoms with Gasteiger partial charge in [0.05, 0.1) is 18.2 Å². The monoisotopic (exact) mass is 398 g/mol. The molecule has 0 amide bonds. The van der Waals surface area contributed by atoms with E-state index in [2.05, 4.69) is 30.4 Å². The van der Waals surface area contributed by atoms with Gasteiger partial charge in [-0.15, -0.1) is 12.4 Å². The zero-order chi connectivity index (χ0) is 17.8. The third-order valence-electron chi connectivity index (χ3n) is 4.28. The van der Waals surface area contributed by atoms with Crippen molar-refractivity contribution in [3.8, 4) is 17.2 Å². The summed E-state index contributed by atoms with van der Waals surface area (Å²) < 4.78 is 16.3. The second-order valence-electron chi connectivity index (χ2n) is 6.16. The second-order valence-corrected chi connectivity index (χ2v) is 6.57. The fourth-order valence-corrected chi connectivity index (χ4v) is 3.28. The molecule has 1 N–H and O–H groups in total. The molecule has 0 aromatic heterocycles. The molecule has 0 bridgehead atoms. The predicted molar refractivity (Wildman–Crippen MR) is 106 cm³/mol. The van der Waals surface area contributed by atoms with Gasteiger partial charge in [-0.1, -0.05) is 29.8 Å². The number of likely N-dealkylation sites (N-methyl/N-ethyl adjacent to an activating group) is 1. The average Bonchev–Trinajstić information content (AvgIpc) is 3.07. The van der Waals surface area contributed by atoms with E-state index in [9.17, 15) is 0 Å². The largest absolute Gasteiger partial charge is 0.496 e. The average molecular weight is 399 g/mol. The van der Waals surface area contributed by atoms with E-state index in [-0.39, 0.29) is 25.2 Å². The van der Waals surface area contributed by atoms with Gasteiger partial charge in [0.1, 0.15) is 5.75 Å². The number of rotatable bonds is 7. The summed E-state index contributed by atoms with van der Waals surface area (Å²) >= 11 is 6.24. The molecule has 26 heavy (non-hydrogen) atoms. The number of hydrogen-bond donors (Lipinski definition) is 1. The summed E-state index contributed by atoms with van der Waals surface area (Å²) in [6, 6.07) is 12.2. The van der Waals surface area contributed by atoms with Gasteiger partial charge in [-0.05, 0) is 37.9 Å². The van der Waals surface area contributed by atoms with Gasteiger partial charge in [0, 0.05) is 18.7 Å². The summed E-state index contributed by atoms with van der Waals surface area (Å²) in [7, 11) is 5.83. The molecule has 2 aromatic carbocycles. The van der Waals surface area contributed by atoms with Crippen molar-refractivity contribution in [1.82, 2.24) is 10.2 Å². The number of nitrogens with zero attached hydrogens (tertiary/aromatic N) is 1. The van der Waals surface area contributed by atoms with E-state index >= 15 is 0 Å². The van der Waals surface area contributed by atoms with E-state index in [0.29, 0.717) is 23.1 Å². The third kappa shape index (κ3) is 4.54. The lowest BCUT2D eigenvalue weighted by Gasteiger charge is -2.26. The van der Waals surface area contributed by atoms with Crippen LogP contribution in [0.2, 0.25) is 5.02 Å². The molecule has 0 aliphatic carbocycles. The number of fused-ring (bicyclic) bond motifs is 1. The Morgan fingerprint density at radius 1 is 1.23 bits per heavy atom. The molecule has 1 unspecified atom stereocenters. The molecule has 0 saturated heterocycles. The Labute approximate surface area is 165 Å². The second kappa shape index (κ2) is 9.33. The Balaban J connectivity index is 0.00000243. The molecule has 0 fully saturated rings. The highest BCUT2D eigenvalue weighted by Gasteiger charge is 2.20. The van der Waals surface area contributed by atoms with Crippen molar-refractivity contribution in [2.75, 3.05) is 34.5 Å². The first-order valence-corrected chi connectivity index (χ1v) is 8.56. The Bertz CT molecular complexity index is 741. The summed E-state index contributed by atoms with van der Waals surface area (Å²) in [4.78, 5) is 2.18. The predicted octanol–water partition coefficient (Wildman–Crippen LogP) is 3.89. The SMILES string of the molecule is COc1ccccc1C(CNCc1cc(Cl)c2c(c1)OCO2)N(C)C.Cl.